The summed E-state index contributed by atoms with van der Waals surface area (Å²) in [5.41, 5.74) is 0. The van der Waals surface area contributed by atoms with Crippen LogP contribution >= 0.6 is 0 Å². The van der Waals surface area contributed by atoms with Gasteiger partial charge in [0.2, 0.25) is 0 Å². The monoisotopic (exact) mass is 298 g/mol. The van der Waals surface area contributed by atoms with Gasteiger partial charge in [0.25, 0.3) is 0 Å². The Morgan fingerprint density at radius 2 is 0.636 bits per heavy atom. The third-order valence-electron chi connectivity index (χ3n) is 8.69. The number of hydrogen-bond acceptors (Lipinski definition) is 2. The minimum Gasteiger partial charge on any atom is -0.190 e. The van der Waals surface area contributed by atoms with Crippen LogP contribution in [0, 0.1) is 47.3 Å². The second kappa shape index (κ2) is 4.57. The van der Waals surface area contributed by atoms with Crippen LogP contribution < -0.4 is 0 Å². The first-order chi connectivity index (χ1) is 10.8. The van der Waals surface area contributed by atoms with Gasteiger partial charge in [-0.15, -0.1) is 0 Å². The predicted molar refractivity (Wildman–Crippen MR) is 86.5 cm³/mol. The smallest absolute Gasteiger partial charge is 0.0765 e. The summed E-state index contributed by atoms with van der Waals surface area (Å²) in [4.78, 5) is 0. The average Bonchev–Trinajstić information content (AvgIpc) is 2.47. The summed E-state index contributed by atoms with van der Waals surface area (Å²) in [6, 6.07) is 1.26. The summed E-state index contributed by atoms with van der Waals surface area (Å²) in [5, 5.41) is 10.2. The first kappa shape index (κ1) is 13.0. The maximum absolute atomic E-state index is 5.09. The molecule has 0 heterocycles. The lowest BCUT2D eigenvalue weighted by Crippen LogP contribution is -2.49. The van der Waals surface area contributed by atoms with E-state index in [4.69, 9.17) is 10.2 Å². The number of hydrogen-bond donors (Lipinski definition) is 0. The molecule has 8 saturated carbocycles. The Hall–Kier alpha value is -0.400. The van der Waals surface area contributed by atoms with Crippen LogP contribution in [0.25, 0.3) is 0 Å². The Morgan fingerprint density at radius 1 is 0.364 bits per heavy atom. The van der Waals surface area contributed by atoms with Crippen LogP contribution in [0.15, 0.2) is 10.2 Å². The Balaban J connectivity index is 1.22. The molecule has 0 amide bonds. The van der Waals surface area contributed by atoms with E-state index in [9.17, 15) is 0 Å². The van der Waals surface area contributed by atoms with Crippen LogP contribution in [0.2, 0.25) is 0 Å². The standard InChI is InChI=1S/C20H30N2/c1-11-3-15-5-12(1)6-16(4-11)19(15)21-22-20-17-7-13-2-14(9-17)10-18(20)8-13/h11-20H,1-10H2. The zero-order valence-electron chi connectivity index (χ0n) is 13.7. The van der Waals surface area contributed by atoms with E-state index in [1.54, 1.807) is 12.8 Å². The molecule has 0 aromatic heterocycles. The van der Waals surface area contributed by atoms with Gasteiger partial charge < -0.3 is 0 Å². The van der Waals surface area contributed by atoms with Crippen LogP contribution in [-0.4, -0.2) is 12.1 Å². The SMILES string of the molecule is C1C2CC3CC1CC(C2)C3N=NC1C2CC3CC(C2)CC1C3. The first-order valence-corrected chi connectivity index (χ1v) is 10.2. The van der Waals surface area contributed by atoms with Crippen molar-refractivity contribution in [2.45, 2.75) is 76.3 Å². The fourth-order valence-corrected chi connectivity index (χ4v) is 8.32. The highest BCUT2D eigenvalue weighted by Crippen LogP contribution is 2.57. The molecule has 0 aromatic rings. The lowest BCUT2D eigenvalue weighted by Gasteiger charge is -2.54. The van der Waals surface area contributed by atoms with Crippen molar-refractivity contribution in [3.63, 3.8) is 0 Å². The van der Waals surface area contributed by atoms with Gasteiger partial charge in [0.15, 0.2) is 0 Å². The lowest BCUT2D eigenvalue weighted by atomic mass is 9.54. The van der Waals surface area contributed by atoms with Gasteiger partial charge in [-0.1, -0.05) is 0 Å². The molecule has 0 unspecified atom stereocenters. The second-order valence-corrected chi connectivity index (χ2v) is 10.1. The van der Waals surface area contributed by atoms with Crippen LogP contribution in [0.4, 0.5) is 0 Å². The summed E-state index contributed by atoms with van der Waals surface area (Å²) >= 11 is 0. The zero-order valence-corrected chi connectivity index (χ0v) is 13.7. The van der Waals surface area contributed by atoms with Crippen molar-refractivity contribution in [1.82, 2.24) is 0 Å². The van der Waals surface area contributed by atoms with Crippen molar-refractivity contribution in [1.29, 1.82) is 0 Å². The summed E-state index contributed by atoms with van der Waals surface area (Å²) in [5.74, 6) is 7.91. The molecule has 2 nitrogen and oxygen atoms in total. The van der Waals surface area contributed by atoms with E-state index in [2.05, 4.69) is 0 Å². The van der Waals surface area contributed by atoms with Gasteiger partial charge in [0.05, 0.1) is 12.1 Å². The molecule has 8 rings (SSSR count). The van der Waals surface area contributed by atoms with E-state index in [-0.39, 0.29) is 0 Å². The third kappa shape index (κ3) is 1.85. The molecule has 0 N–H and O–H groups in total. The van der Waals surface area contributed by atoms with Gasteiger partial charge >= 0.3 is 0 Å². The van der Waals surface area contributed by atoms with Crippen molar-refractivity contribution in [2.75, 3.05) is 0 Å². The normalized spacial score (nSPS) is 61.5. The third-order valence-corrected chi connectivity index (χ3v) is 8.69. The van der Waals surface area contributed by atoms with Gasteiger partial charge in [0.1, 0.15) is 0 Å². The van der Waals surface area contributed by atoms with Crippen molar-refractivity contribution in [3.8, 4) is 0 Å². The van der Waals surface area contributed by atoms with Crippen LogP contribution in [-0.2, 0) is 0 Å². The van der Waals surface area contributed by atoms with Gasteiger partial charge in [-0.2, -0.15) is 10.2 Å². The molecule has 8 fully saturated rings. The van der Waals surface area contributed by atoms with E-state index in [0.717, 1.165) is 47.3 Å². The molecule has 0 atom stereocenters. The fourth-order valence-electron chi connectivity index (χ4n) is 8.32. The molecule has 8 aliphatic carbocycles. The van der Waals surface area contributed by atoms with E-state index in [0.29, 0.717) is 12.1 Å². The Morgan fingerprint density at radius 3 is 0.909 bits per heavy atom. The highest BCUT2D eigenvalue weighted by molar-refractivity contribution is 5.03. The average molecular weight is 298 g/mol. The highest BCUT2D eigenvalue weighted by atomic mass is 15.2. The number of azo groups is 1. The molecular formula is C20H30N2. The lowest BCUT2D eigenvalue weighted by molar-refractivity contribution is -0.0140. The zero-order chi connectivity index (χ0) is 14.3. The maximum Gasteiger partial charge on any atom is 0.0765 e. The molecule has 8 bridgehead atoms. The Bertz CT molecular complexity index is 396. The first-order valence-electron chi connectivity index (χ1n) is 10.2. The molecule has 2 heteroatoms. The topological polar surface area (TPSA) is 24.7 Å². The van der Waals surface area contributed by atoms with Gasteiger partial charge in [-0.3, -0.25) is 0 Å². The van der Waals surface area contributed by atoms with Gasteiger partial charge in [-0.05, 0) is 112 Å². The Kier molecular flexibility index (Phi) is 2.69. The molecule has 0 aliphatic heterocycles. The largest absolute Gasteiger partial charge is 0.190 e. The van der Waals surface area contributed by atoms with Gasteiger partial charge in [-0.25, -0.2) is 0 Å². The van der Waals surface area contributed by atoms with Gasteiger partial charge in [0, 0.05) is 0 Å². The predicted octanol–water partition coefficient (Wildman–Crippen LogP) is 5.09. The van der Waals surface area contributed by atoms with E-state index < -0.39 is 0 Å². The van der Waals surface area contributed by atoms with E-state index >= 15 is 0 Å². The summed E-state index contributed by atoms with van der Waals surface area (Å²) < 4.78 is 0. The molecule has 0 aromatic carbocycles. The van der Waals surface area contributed by atoms with Crippen molar-refractivity contribution >= 4 is 0 Å². The van der Waals surface area contributed by atoms with Crippen LogP contribution in [0.3, 0.4) is 0 Å². The van der Waals surface area contributed by atoms with Crippen LogP contribution in [0.5, 0.6) is 0 Å². The number of rotatable bonds is 2. The van der Waals surface area contributed by atoms with E-state index in [1.807, 2.05) is 0 Å². The van der Waals surface area contributed by atoms with Crippen LogP contribution in [0.1, 0.15) is 64.2 Å². The summed E-state index contributed by atoms with van der Waals surface area (Å²) in [6.45, 7) is 0. The molecule has 8 aliphatic rings. The Labute approximate surface area is 134 Å². The minimum atomic E-state index is 0.630. The fraction of sp³-hybridized carbons (Fsp3) is 1.00. The summed E-state index contributed by atoms with van der Waals surface area (Å²) in [6.07, 6.45) is 15.0. The summed E-state index contributed by atoms with van der Waals surface area (Å²) in [7, 11) is 0. The molecular weight excluding hydrogens is 268 g/mol. The minimum absolute atomic E-state index is 0.630. The highest BCUT2D eigenvalue weighted by Gasteiger charge is 2.50. The quantitative estimate of drug-likeness (QED) is 0.635. The molecule has 120 valence electrons. The van der Waals surface area contributed by atoms with E-state index in [1.165, 1.54) is 51.4 Å². The molecule has 22 heavy (non-hydrogen) atoms. The van der Waals surface area contributed by atoms with Crippen molar-refractivity contribution < 1.29 is 0 Å². The second-order valence-electron chi connectivity index (χ2n) is 10.1. The van der Waals surface area contributed by atoms with Crippen molar-refractivity contribution in [2.24, 2.45) is 57.6 Å². The molecule has 0 spiro atoms. The van der Waals surface area contributed by atoms with Crippen molar-refractivity contribution in [3.05, 3.63) is 0 Å². The number of nitrogens with zero attached hydrogens (tertiary/aromatic N) is 2. The molecule has 0 radical (unpaired) electrons. The maximum atomic E-state index is 5.09. The molecule has 0 saturated heterocycles.